The smallest absolute Gasteiger partial charge is 0.416 e. The highest BCUT2D eigenvalue weighted by Gasteiger charge is 2.36. The van der Waals surface area contributed by atoms with Crippen molar-refractivity contribution in [2.45, 2.75) is 12.8 Å². The van der Waals surface area contributed by atoms with Crippen LogP contribution in [-0.4, -0.2) is 28.5 Å². The Bertz CT molecular complexity index is 1430. The van der Waals surface area contributed by atoms with Crippen LogP contribution in [0, 0.1) is 9.39 Å². The minimum absolute atomic E-state index is 0.0950. The van der Waals surface area contributed by atoms with Gasteiger partial charge in [-0.15, -0.1) is 0 Å². The number of benzene rings is 3. The third kappa shape index (κ3) is 6.92. The normalized spacial score (nSPS) is 14.8. The Kier molecular flexibility index (Phi) is 8.41. The summed E-state index contributed by atoms with van der Waals surface area (Å²) in [5, 5.41) is 1.61. The molecule has 1 N–H and O–H groups in total. The van der Waals surface area contributed by atoms with E-state index < -0.39 is 35.3 Å². The number of amides is 3. The molecule has 0 bridgehead atoms. The summed E-state index contributed by atoms with van der Waals surface area (Å²) in [6.07, 6.45) is -3.08. The van der Waals surface area contributed by atoms with Gasteiger partial charge in [-0.25, -0.2) is 4.39 Å². The number of halogens is 5. The van der Waals surface area contributed by atoms with Crippen molar-refractivity contribution in [2.75, 3.05) is 11.9 Å². The molecule has 0 radical (unpaired) electrons. The molecule has 1 aliphatic heterocycles. The highest BCUT2D eigenvalue weighted by atomic mass is 127. The van der Waals surface area contributed by atoms with Crippen molar-refractivity contribution >= 4 is 63.2 Å². The van der Waals surface area contributed by atoms with Gasteiger partial charge in [-0.2, -0.15) is 13.2 Å². The van der Waals surface area contributed by atoms with Crippen molar-refractivity contribution in [3.8, 4) is 5.75 Å². The van der Waals surface area contributed by atoms with E-state index in [0.29, 0.717) is 23.1 Å². The minimum atomic E-state index is -4.58. The molecule has 4 rings (SSSR count). The number of rotatable bonds is 7. The van der Waals surface area contributed by atoms with Gasteiger partial charge in [-0.05, 0) is 94.0 Å². The summed E-state index contributed by atoms with van der Waals surface area (Å²) in [4.78, 5) is 38.3. The average Bonchev–Trinajstić information content (AvgIpc) is 3.11. The molecule has 38 heavy (non-hydrogen) atoms. The fraction of sp³-hybridized carbons (Fsp3) is 0.115. The lowest BCUT2D eigenvalue weighted by Gasteiger charge is -2.13. The summed E-state index contributed by atoms with van der Waals surface area (Å²) in [6, 6.07) is 15.1. The molecular formula is C26H17F4IN2O4S. The van der Waals surface area contributed by atoms with Gasteiger partial charge in [-0.1, -0.05) is 24.3 Å². The Balaban J connectivity index is 1.39. The van der Waals surface area contributed by atoms with Crippen LogP contribution in [0.2, 0.25) is 0 Å². The first kappa shape index (κ1) is 27.6. The van der Waals surface area contributed by atoms with E-state index in [1.165, 1.54) is 24.3 Å². The number of anilines is 1. The van der Waals surface area contributed by atoms with Crippen molar-refractivity contribution in [1.82, 2.24) is 4.90 Å². The summed E-state index contributed by atoms with van der Waals surface area (Å²) in [5.41, 5.74) is 0.356. The minimum Gasteiger partial charge on any atom is -0.488 e. The van der Waals surface area contributed by atoms with Crippen LogP contribution in [0.4, 0.5) is 28.0 Å². The summed E-state index contributed by atoms with van der Waals surface area (Å²) in [6.45, 7) is -0.414. The number of hydrogen-bond donors (Lipinski definition) is 1. The molecule has 0 saturated carbocycles. The predicted octanol–water partition coefficient (Wildman–Crippen LogP) is 6.70. The van der Waals surface area contributed by atoms with Gasteiger partial charge in [0.2, 0.25) is 5.91 Å². The molecule has 0 unspecified atom stereocenters. The van der Waals surface area contributed by atoms with Crippen LogP contribution in [-0.2, 0) is 22.4 Å². The van der Waals surface area contributed by atoms with Crippen LogP contribution in [0.1, 0.15) is 16.7 Å². The van der Waals surface area contributed by atoms with Gasteiger partial charge in [0, 0.05) is 5.69 Å². The van der Waals surface area contributed by atoms with Crippen molar-refractivity contribution in [2.24, 2.45) is 0 Å². The molecule has 0 aliphatic carbocycles. The van der Waals surface area contributed by atoms with Crippen LogP contribution in [0.25, 0.3) is 6.08 Å². The van der Waals surface area contributed by atoms with Gasteiger partial charge in [0.1, 0.15) is 24.7 Å². The van der Waals surface area contributed by atoms with Crippen molar-refractivity contribution in [1.29, 1.82) is 0 Å². The van der Waals surface area contributed by atoms with Crippen LogP contribution in [0.5, 0.6) is 5.75 Å². The van der Waals surface area contributed by atoms with Gasteiger partial charge in [-0.3, -0.25) is 19.3 Å². The Hall–Kier alpha value is -3.39. The second-order valence-corrected chi connectivity index (χ2v) is 10.2. The largest absolute Gasteiger partial charge is 0.488 e. The molecule has 0 aromatic heterocycles. The third-order valence-corrected chi connectivity index (χ3v) is 6.96. The fourth-order valence-corrected chi connectivity index (χ4v) is 4.90. The predicted molar refractivity (Wildman–Crippen MR) is 143 cm³/mol. The molecule has 3 aromatic carbocycles. The highest BCUT2D eigenvalue weighted by molar-refractivity contribution is 14.1. The number of imide groups is 1. The molecule has 12 heteroatoms. The Morgan fingerprint density at radius 1 is 1.05 bits per heavy atom. The lowest BCUT2D eigenvalue weighted by Crippen LogP contribution is -2.36. The van der Waals surface area contributed by atoms with Gasteiger partial charge in [0.05, 0.1) is 14.0 Å². The lowest BCUT2D eigenvalue weighted by molar-refractivity contribution is -0.137. The van der Waals surface area contributed by atoms with E-state index in [1.807, 2.05) is 0 Å². The first-order valence-corrected chi connectivity index (χ1v) is 12.8. The monoisotopic (exact) mass is 656 g/mol. The summed E-state index contributed by atoms with van der Waals surface area (Å²) in [5.74, 6) is -1.27. The Morgan fingerprint density at radius 2 is 1.79 bits per heavy atom. The van der Waals surface area contributed by atoms with Crippen molar-refractivity contribution < 1.29 is 36.7 Å². The maximum atomic E-state index is 13.1. The van der Waals surface area contributed by atoms with E-state index in [-0.39, 0.29) is 23.0 Å². The van der Waals surface area contributed by atoms with E-state index in [0.717, 1.165) is 32.2 Å². The SMILES string of the molecule is O=C(CN1C(=O)S/C(=C\c2ccc(OCc3ccc(F)cc3)c(I)c2)C1=O)Nc1cccc(C(F)(F)F)c1. The molecule has 0 spiro atoms. The zero-order valence-electron chi connectivity index (χ0n) is 19.2. The quantitative estimate of drug-likeness (QED) is 0.174. The molecule has 6 nitrogen and oxygen atoms in total. The van der Waals surface area contributed by atoms with Crippen molar-refractivity contribution in [3.63, 3.8) is 0 Å². The Labute approximate surface area is 232 Å². The first-order valence-electron chi connectivity index (χ1n) is 10.9. The van der Waals surface area contributed by atoms with Crippen LogP contribution < -0.4 is 10.1 Å². The molecular weight excluding hydrogens is 639 g/mol. The summed E-state index contributed by atoms with van der Waals surface area (Å²) < 4.78 is 58.2. The summed E-state index contributed by atoms with van der Waals surface area (Å²) >= 11 is 2.72. The van der Waals surface area contributed by atoms with Gasteiger partial charge in [0.15, 0.2) is 0 Å². The maximum Gasteiger partial charge on any atom is 0.416 e. The average molecular weight is 656 g/mol. The number of hydrogen-bond acceptors (Lipinski definition) is 5. The van der Waals surface area contributed by atoms with E-state index in [9.17, 15) is 31.9 Å². The number of nitrogens with zero attached hydrogens (tertiary/aromatic N) is 1. The number of nitrogens with one attached hydrogen (secondary N) is 1. The molecule has 3 aromatic rings. The van der Waals surface area contributed by atoms with Gasteiger partial charge in [0.25, 0.3) is 11.1 Å². The highest BCUT2D eigenvalue weighted by Crippen LogP contribution is 2.34. The van der Waals surface area contributed by atoms with Gasteiger partial charge >= 0.3 is 6.18 Å². The van der Waals surface area contributed by atoms with E-state index in [2.05, 4.69) is 27.9 Å². The zero-order chi connectivity index (χ0) is 27.4. The molecule has 196 valence electrons. The van der Waals surface area contributed by atoms with Gasteiger partial charge < -0.3 is 10.1 Å². The zero-order valence-corrected chi connectivity index (χ0v) is 22.2. The van der Waals surface area contributed by atoms with E-state index in [4.69, 9.17) is 4.74 Å². The standard InChI is InChI=1S/C26H17F4IN2O4S/c27-18-7-4-15(5-8-18)14-37-21-9-6-16(10-20(21)31)11-22-24(35)33(25(36)38-22)13-23(34)32-19-3-1-2-17(12-19)26(28,29)30/h1-12H,13-14H2,(H,32,34)/b22-11-. The number of carbonyl (C=O) groups excluding carboxylic acids is 3. The topological polar surface area (TPSA) is 75.7 Å². The maximum absolute atomic E-state index is 13.1. The van der Waals surface area contributed by atoms with Crippen LogP contribution in [0.3, 0.4) is 0 Å². The number of ether oxygens (including phenoxy) is 1. The molecule has 1 saturated heterocycles. The second-order valence-electron chi connectivity index (χ2n) is 8.00. The molecule has 0 atom stereocenters. The molecule has 1 heterocycles. The fourth-order valence-electron chi connectivity index (χ4n) is 3.37. The van der Waals surface area contributed by atoms with Crippen LogP contribution in [0.15, 0.2) is 71.6 Å². The van der Waals surface area contributed by atoms with Crippen LogP contribution >= 0.6 is 34.4 Å². The van der Waals surface area contributed by atoms with E-state index >= 15 is 0 Å². The second kappa shape index (κ2) is 11.6. The number of carbonyl (C=O) groups is 3. The summed E-state index contributed by atoms with van der Waals surface area (Å²) in [7, 11) is 0. The number of alkyl halides is 3. The molecule has 3 amide bonds. The molecule has 1 aliphatic rings. The Morgan fingerprint density at radius 3 is 2.47 bits per heavy atom. The van der Waals surface area contributed by atoms with Crippen molar-refractivity contribution in [3.05, 3.63) is 97.7 Å². The third-order valence-electron chi connectivity index (χ3n) is 5.21. The molecule has 1 fully saturated rings. The van der Waals surface area contributed by atoms with E-state index in [1.54, 1.807) is 30.3 Å². The lowest BCUT2D eigenvalue weighted by atomic mass is 10.2. The first-order chi connectivity index (χ1) is 18.0. The number of thioether (sulfide) groups is 1.